The molecule has 2 aliphatic heterocycles. The average Bonchev–Trinajstić information content (AvgIpc) is 3.04. The lowest BCUT2D eigenvalue weighted by Crippen LogP contribution is -2.44. The number of nitrogens with zero attached hydrogens (tertiary/aromatic N) is 3. The molecule has 0 spiro atoms. The van der Waals surface area contributed by atoms with E-state index in [-0.39, 0.29) is 16.8 Å². The van der Waals surface area contributed by atoms with Crippen molar-refractivity contribution in [2.75, 3.05) is 16.5 Å². The van der Waals surface area contributed by atoms with Gasteiger partial charge in [0.1, 0.15) is 0 Å². The molecule has 2 aliphatic rings. The number of hydrogen-bond donors (Lipinski definition) is 1. The number of carboxylic acids is 1. The standard InChI is InChI=1S/C24H25N3O3/c1-24(2,3)26-13-7-8-17-14-16(11-12-20(17)26)15-19-21(23(29)30)25-27(22(19)28)18-9-5-4-6-10-18/h4-6,9-12,14-15H,7-8,13H2,1-3H3,(H,29,30)/b19-15-. The molecular formula is C24H25N3O3. The molecule has 2 heterocycles. The van der Waals surface area contributed by atoms with Crippen molar-refractivity contribution in [3.05, 3.63) is 65.2 Å². The molecule has 0 unspecified atom stereocenters. The van der Waals surface area contributed by atoms with E-state index in [0.29, 0.717) is 5.69 Å². The van der Waals surface area contributed by atoms with Crippen LogP contribution in [0.3, 0.4) is 0 Å². The van der Waals surface area contributed by atoms with Gasteiger partial charge in [-0.2, -0.15) is 10.1 Å². The van der Waals surface area contributed by atoms with Crippen molar-refractivity contribution in [2.45, 2.75) is 39.2 Å². The minimum Gasteiger partial charge on any atom is -0.476 e. The van der Waals surface area contributed by atoms with E-state index in [1.807, 2.05) is 12.1 Å². The van der Waals surface area contributed by atoms with Gasteiger partial charge in [-0.25, -0.2) is 4.79 Å². The van der Waals surface area contributed by atoms with Gasteiger partial charge in [-0.15, -0.1) is 0 Å². The van der Waals surface area contributed by atoms with Gasteiger partial charge in [0.25, 0.3) is 5.91 Å². The van der Waals surface area contributed by atoms with Gasteiger partial charge in [-0.3, -0.25) is 4.79 Å². The number of anilines is 2. The first kappa shape index (κ1) is 19.9. The summed E-state index contributed by atoms with van der Waals surface area (Å²) in [5, 5.41) is 14.8. The van der Waals surface area contributed by atoms with Crippen molar-refractivity contribution < 1.29 is 14.7 Å². The largest absolute Gasteiger partial charge is 0.476 e. The van der Waals surface area contributed by atoms with Crippen molar-refractivity contribution >= 4 is 35.0 Å². The van der Waals surface area contributed by atoms with Crippen LogP contribution in [0.2, 0.25) is 0 Å². The Labute approximate surface area is 176 Å². The molecule has 2 aromatic rings. The highest BCUT2D eigenvalue weighted by atomic mass is 16.4. The Balaban J connectivity index is 1.71. The molecular weight excluding hydrogens is 378 g/mol. The highest BCUT2D eigenvalue weighted by Crippen LogP contribution is 2.34. The predicted octanol–water partition coefficient (Wildman–Crippen LogP) is 4.11. The SMILES string of the molecule is CC(C)(C)N1CCCc2cc(/C=C3\C(=O)N(c4ccccc4)N=C3C(=O)O)ccc21. The van der Waals surface area contributed by atoms with Crippen LogP contribution in [0.1, 0.15) is 38.3 Å². The van der Waals surface area contributed by atoms with Crippen LogP contribution in [0.5, 0.6) is 0 Å². The van der Waals surface area contributed by atoms with Crippen molar-refractivity contribution in [3.63, 3.8) is 0 Å². The van der Waals surface area contributed by atoms with Crippen LogP contribution in [0, 0.1) is 0 Å². The number of hydrazone groups is 1. The summed E-state index contributed by atoms with van der Waals surface area (Å²) >= 11 is 0. The molecule has 1 amide bonds. The maximum absolute atomic E-state index is 13.0. The second kappa shape index (κ2) is 7.44. The Kier molecular flexibility index (Phi) is 4.94. The van der Waals surface area contributed by atoms with Crippen LogP contribution in [0.25, 0.3) is 6.08 Å². The molecule has 0 fully saturated rings. The van der Waals surface area contributed by atoms with E-state index in [2.05, 4.69) is 42.9 Å². The van der Waals surface area contributed by atoms with E-state index >= 15 is 0 Å². The number of carbonyl (C=O) groups excluding carboxylic acids is 1. The number of para-hydroxylation sites is 1. The summed E-state index contributed by atoms with van der Waals surface area (Å²) in [7, 11) is 0. The average molecular weight is 403 g/mol. The second-order valence-electron chi connectivity index (χ2n) is 8.58. The summed E-state index contributed by atoms with van der Waals surface area (Å²) < 4.78 is 0. The Morgan fingerprint density at radius 1 is 1.13 bits per heavy atom. The van der Waals surface area contributed by atoms with Gasteiger partial charge in [0.15, 0.2) is 5.71 Å². The van der Waals surface area contributed by atoms with Crippen LogP contribution in [-0.4, -0.2) is 34.8 Å². The monoisotopic (exact) mass is 403 g/mol. The van der Waals surface area contributed by atoms with E-state index < -0.39 is 11.9 Å². The zero-order valence-corrected chi connectivity index (χ0v) is 17.4. The third-order valence-electron chi connectivity index (χ3n) is 5.42. The number of benzene rings is 2. The van der Waals surface area contributed by atoms with Crippen molar-refractivity contribution in [2.24, 2.45) is 5.10 Å². The maximum Gasteiger partial charge on any atom is 0.357 e. The molecule has 4 rings (SSSR count). The minimum absolute atomic E-state index is 0.0237. The predicted molar refractivity (Wildman–Crippen MR) is 119 cm³/mol. The van der Waals surface area contributed by atoms with Crippen LogP contribution in [0.15, 0.2) is 59.2 Å². The molecule has 0 radical (unpaired) electrons. The summed E-state index contributed by atoms with van der Waals surface area (Å²) in [5.74, 6) is -1.66. The molecule has 0 bridgehead atoms. The maximum atomic E-state index is 13.0. The molecule has 0 atom stereocenters. The Hall–Kier alpha value is -3.41. The molecule has 1 N–H and O–H groups in total. The first-order valence-electron chi connectivity index (χ1n) is 10.1. The van der Waals surface area contributed by atoms with Crippen LogP contribution in [0.4, 0.5) is 11.4 Å². The first-order valence-corrected chi connectivity index (χ1v) is 10.1. The molecule has 0 aliphatic carbocycles. The number of rotatable bonds is 3. The van der Waals surface area contributed by atoms with Gasteiger partial charge in [0.2, 0.25) is 0 Å². The van der Waals surface area contributed by atoms with E-state index in [9.17, 15) is 14.7 Å². The number of carboxylic acid groups (broad SMARTS) is 1. The molecule has 30 heavy (non-hydrogen) atoms. The molecule has 0 saturated carbocycles. The molecule has 0 saturated heterocycles. The van der Waals surface area contributed by atoms with Gasteiger partial charge in [-0.1, -0.05) is 24.3 Å². The first-order chi connectivity index (χ1) is 14.3. The number of hydrogen-bond acceptors (Lipinski definition) is 4. The molecule has 0 aromatic heterocycles. The van der Waals surface area contributed by atoms with Crippen molar-refractivity contribution in [1.82, 2.24) is 0 Å². The highest BCUT2D eigenvalue weighted by Gasteiger charge is 2.35. The second-order valence-corrected chi connectivity index (χ2v) is 8.58. The Morgan fingerprint density at radius 3 is 2.53 bits per heavy atom. The summed E-state index contributed by atoms with van der Waals surface area (Å²) in [4.78, 5) is 27.1. The summed E-state index contributed by atoms with van der Waals surface area (Å²) in [5.41, 5.74) is 3.63. The minimum atomic E-state index is -1.22. The lowest BCUT2D eigenvalue weighted by atomic mass is 9.93. The van der Waals surface area contributed by atoms with Gasteiger partial charge >= 0.3 is 5.97 Å². The Morgan fingerprint density at radius 2 is 1.87 bits per heavy atom. The topological polar surface area (TPSA) is 73.2 Å². The third-order valence-corrected chi connectivity index (χ3v) is 5.42. The normalized spacial score (nSPS) is 17.9. The number of fused-ring (bicyclic) bond motifs is 1. The lowest BCUT2D eigenvalue weighted by molar-refractivity contribution is -0.129. The van der Waals surface area contributed by atoms with E-state index in [1.165, 1.54) is 11.3 Å². The number of aryl methyl sites for hydroxylation is 1. The summed E-state index contributed by atoms with van der Waals surface area (Å²) in [6.45, 7) is 7.60. The smallest absolute Gasteiger partial charge is 0.357 e. The summed E-state index contributed by atoms with van der Waals surface area (Å²) in [6.07, 6.45) is 3.66. The fourth-order valence-corrected chi connectivity index (χ4v) is 4.02. The summed E-state index contributed by atoms with van der Waals surface area (Å²) in [6, 6.07) is 14.9. The van der Waals surface area contributed by atoms with E-state index in [1.54, 1.807) is 30.3 Å². The lowest BCUT2D eigenvalue weighted by Gasteiger charge is -2.41. The number of aliphatic carboxylic acids is 1. The van der Waals surface area contributed by atoms with Crippen LogP contribution in [-0.2, 0) is 16.0 Å². The molecule has 6 heteroatoms. The van der Waals surface area contributed by atoms with Crippen LogP contribution >= 0.6 is 0 Å². The molecule has 2 aromatic carbocycles. The van der Waals surface area contributed by atoms with Gasteiger partial charge in [0.05, 0.1) is 11.3 Å². The van der Waals surface area contributed by atoms with E-state index in [0.717, 1.165) is 30.0 Å². The zero-order valence-electron chi connectivity index (χ0n) is 17.4. The van der Waals surface area contributed by atoms with Gasteiger partial charge in [-0.05, 0) is 75.1 Å². The third kappa shape index (κ3) is 3.61. The Bertz CT molecular complexity index is 1060. The van der Waals surface area contributed by atoms with E-state index in [4.69, 9.17) is 0 Å². The molecule has 6 nitrogen and oxygen atoms in total. The van der Waals surface area contributed by atoms with Crippen molar-refractivity contribution in [1.29, 1.82) is 0 Å². The highest BCUT2D eigenvalue weighted by molar-refractivity contribution is 6.53. The van der Waals surface area contributed by atoms with Gasteiger partial charge in [0, 0.05) is 17.8 Å². The van der Waals surface area contributed by atoms with Crippen LogP contribution < -0.4 is 9.91 Å². The molecule has 154 valence electrons. The van der Waals surface area contributed by atoms with Crippen molar-refractivity contribution in [3.8, 4) is 0 Å². The fourth-order valence-electron chi connectivity index (χ4n) is 4.02. The quantitative estimate of drug-likeness (QED) is 0.783. The number of amides is 1. The fraction of sp³-hybridized carbons (Fsp3) is 0.292. The zero-order chi connectivity index (χ0) is 21.5. The number of carbonyl (C=O) groups is 2. The van der Waals surface area contributed by atoms with Gasteiger partial charge < -0.3 is 10.0 Å².